The smallest absolute Gasteiger partial charge is 0.157 e. The summed E-state index contributed by atoms with van der Waals surface area (Å²) in [6.45, 7) is 1.53. The summed E-state index contributed by atoms with van der Waals surface area (Å²) in [5.41, 5.74) is 1.21. The van der Waals surface area contributed by atoms with Gasteiger partial charge in [-0.15, -0.1) is 0 Å². The van der Waals surface area contributed by atoms with Gasteiger partial charge in [0.05, 0.1) is 22.6 Å². The number of nitrogens with zero attached hydrogens (tertiary/aromatic N) is 1. The van der Waals surface area contributed by atoms with Crippen molar-refractivity contribution in [3.05, 3.63) is 35.4 Å². The third kappa shape index (κ3) is 3.09. The number of nitrogens with one attached hydrogen (secondary N) is 1. The molecule has 0 saturated carbocycles. The van der Waals surface area contributed by atoms with E-state index in [-0.39, 0.29) is 11.0 Å². The van der Waals surface area contributed by atoms with Crippen molar-refractivity contribution in [2.75, 3.05) is 13.1 Å². The number of hydrogen-bond donors (Lipinski definition) is 1. The van der Waals surface area contributed by atoms with Gasteiger partial charge in [0.1, 0.15) is 0 Å². The largest absolute Gasteiger partial charge is 0.317 e. The Morgan fingerprint density at radius 1 is 1.33 bits per heavy atom. The van der Waals surface area contributed by atoms with Gasteiger partial charge in [-0.25, -0.2) is 8.42 Å². The summed E-state index contributed by atoms with van der Waals surface area (Å²) in [6, 6.07) is 8.85. The lowest BCUT2D eigenvalue weighted by atomic mass is 10.1. The second-order valence-electron chi connectivity index (χ2n) is 4.57. The quantitative estimate of drug-likeness (QED) is 0.891. The molecule has 1 saturated heterocycles. The van der Waals surface area contributed by atoms with Gasteiger partial charge in [0.15, 0.2) is 9.84 Å². The topological polar surface area (TPSA) is 70.0 Å². The maximum atomic E-state index is 12.2. The fourth-order valence-corrected chi connectivity index (χ4v) is 4.07. The van der Waals surface area contributed by atoms with Crippen LogP contribution in [0.25, 0.3) is 0 Å². The molecule has 1 aromatic rings. The number of hydrogen-bond acceptors (Lipinski definition) is 4. The normalized spacial score (nSPS) is 17.3. The lowest BCUT2D eigenvalue weighted by molar-refractivity contribution is 0.496. The summed E-state index contributed by atoms with van der Waals surface area (Å²) in [5.74, 6) is 0.0349. The third-order valence-corrected chi connectivity index (χ3v) is 5.44. The third-order valence-electron chi connectivity index (χ3n) is 3.22. The molecule has 2 rings (SSSR count). The molecule has 0 unspecified atom stereocenters. The van der Waals surface area contributed by atoms with Gasteiger partial charge in [-0.05, 0) is 43.6 Å². The van der Waals surface area contributed by atoms with Crippen molar-refractivity contribution in [3.63, 3.8) is 0 Å². The maximum Gasteiger partial charge on any atom is 0.157 e. The lowest BCUT2D eigenvalue weighted by Crippen LogP contribution is -2.36. The molecule has 4 nitrogen and oxygen atoms in total. The van der Waals surface area contributed by atoms with Crippen LogP contribution in [0.2, 0.25) is 0 Å². The molecule has 0 atom stereocenters. The van der Waals surface area contributed by atoms with Gasteiger partial charge in [0.25, 0.3) is 0 Å². The minimum absolute atomic E-state index is 0.0349. The van der Waals surface area contributed by atoms with E-state index in [1.165, 1.54) is 0 Å². The van der Waals surface area contributed by atoms with Gasteiger partial charge in [0.2, 0.25) is 0 Å². The van der Waals surface area contributed by atoms with E-state index in [2.05, 4.69) is 5.32 Å². The highest BCUT2D eigenvalue weighted by Gasteiger charge is 2.27. The molecule has 0 amide bonds. The van der Waals surface area contributed by atoms with Crippen molar-refractivity contribution in [1.29, 1.82) is 5.26 Å². The molecule has 0 aliphatic carbocycles. The zero-order valence-electron chi connectivity index (χ0n) is 10.1. The Bertz CT molecular complexity index is 555. The minimum atomic E-state index is -3.11. The Hall–Kier alpha value is -1.38. The number of benzene rings is 1. The molecule has 1 aliphatic rings. The number of nitriles is 1. The van der Waals surface area contributed by atoms with Crippen LogP contribution >= 0.6 is 0 Å². The van der Waals surface area contributed by atoms with Crippen molar-refractivity contribution >= 4 is 9.84 Å². The van der Waals surface area contributed by atoms with E-state index in [1.54, 1.807) is 24.3 Å². The molecule has 5 heteroatoms. The fraction of sp³-hybridized carbons (Fsp3) is 0.462. The van der Waals surface area contributed by atoms with Gasteiger partial charge in [-0.3, -0.25) is 0 Å². The first-order chi connectivity index (χ1) is 8.62. The standard InChI is InChI=1S/C13H16N2O2S/c14-9-11-2-1-3-12(8-11)10-18(16,17)13-4-6-15-7-5-13/h1-3,8,13,15H,4-7,10H2. The zero-order valence-corrected chi connectivity index (χ0v) is 10.9. The maximum absolute atomic E-state index is 12.2. The Morgan fingerprint density at radius 2 is 2.06 bits per heavy atom. The molecule has 1 N–H and O–H groups in total. The van der Waals surface area contributed by atoms with E-state index in [4.69, 9.17) is 5.26 Å². The Labute approximate surface area is 108 Å². The van der Waals surface area contributed by atoms with Gasteiger partial charge in [-0.2, -0.15) is 5.26 Å². The van der Waals surface area contributed by atoms with Crippen molar-refractivity contribution in [3.8, 4) is 6.07 Å². The van der Waals surface area contributed by atoms with Crippen LogP contribution in [0.5, 0.6) is 0 Å². The van der Waals surface area contributed by atoms with Crippen LogP contribution < -0.4 is 5.32 Å². The second kappa shape index (κ2) is 5.51. The first kappa shape index (κ1) is 13.1. The van der Waals surface area contributed by atoms with E-state index in [0.717, 1.165) is 13.1 Å². The molecule has 1 aliphatic heterocycles. The fourth-order valence-electron chi connectivity index (χ4n) is 2.24. The molecule has 18 heavy (non-hydrogen) atoms. The number of sulfone groups is 1. The number of piperidine rings is 1. The Balaban J connectivity index is 2.14. The SMILES string of the molecule is N#Cc1cccc(CS(=O)(=O)C2CCNCC2)c1. The molecule has 1 aromatic carbocycles. The van der Waals surface area contributed by atoms with Gasteiger partial charge < -0.3 is 5.32 Å². The molecule has 96 valence electrons. The highest BCUT2D eigenvalue weighted by atomic mass is 32.2. The monoisotopic (exact) mass is 264 g/mol. The van der Waals surface area contributed by atoms with Crippen LogP contribution in [-0.4, -0.2) is 26.8 Å². The molecule has 0 radical (unpaired) electrons. The summed E-state index contributed by atoms with van der Waals surface area (Å²) < 4.78 is 24.5. The van der Waals surface area contributed by atoms with E-state index in [1.807, 2.05) is 6.07 Å². The average molecular weight is 264 g/mol. The molecule has 0 bridgehead atoms. The highest BCUT2D eigenvalue weighted by Crippen LogP contribution is 2.18. The van der Waals surface area contributed by atoms with Crippen molar-refractivity contribution < 1.29 is 8.42 Å². The average Bonchev–Trinajstić information content (AvgIpc) is 2.39. The van der Waals surface area contributed by atoms with E-state index >= 15 is 0 Å². The number of rotatable bonds is 3. The molecule has 0 spiro atoms. The van der Waals surface area contributed by atoms with Gasteiger partial charge in [-0.1, -0.05) is 12.1 Å². The van der Waals surface area contributed by atoms with Crippen LogP contribution in [0.15, 0.2) is 24.3 Å². The van der Waals surface area contributed by atoms with Crippen LogP contribution in [0.3, 0.4) is 0 Å². The summed E-state index contributed by atoms with van der Waals surface area (Å²) in [4.78, 5) is 0. The second-order valence-corrected chi connectivity index (χ2v) is 6.85. The minimum Gasteiger partial charge on any atom is -0.317 e. The van der Waals surface area contributed by atoms with Crippen molar-refractivity contribution in [2.45, 2.75) is 23.8 Å². The van der Waals surface area contributed by atoms with E-state index < -0.39 is 9.84 Å². The lowest BCUT2D eigenvalue weighted by Gasteiger charge is -2.22. The highest BCUT2D eigenvalue weighted by molar-refractivity contribution is 7.91. The predicted octanol–water partition coefficient (Wildman–Crippen LogP) is 1.23. The molecule has 1 fully saturated rings. The van der Waals surface area contributed by atoms with Gasteiger partial charge in [0, 0.05) is 0 Å². The van der Waals surface area contributed by atoms with Crippen LogP contribution in [0, 0.1) is 11.3 Å². The van der Waals surface area contributed by atoms with Crippen LogP contribution in [-0.2, 0) is 15.6 Å². The molecular formula is C13H16N2O2S. The van der Waals surface area contributed by atoms with Crippen LogP contribution in [0.1, 0.15) is 24.0 Å². The molecule has 1 heterocycles. The molecule has 0 aromatic heterocycles. The van der Waals surface area contributed by atoms with E-state index in [0.29, 0.717) is 24.0 Å². The summed E-state index contributed by atoms with van der Waals surface area (Å²) >= 11 is 0. The van der Waals surface area contributed by atoms with E-state index in [9.17, 15) is 8.42 Å². The first-order valence-corrected chi connectivity index (χ1v) is 7.75. The zero-order chi connectivity index (χ0) is 13.0. The molecular weight excluding hydrogens is 248 g/mol. The Morgan fingerprint density at radius 3 is 2.72 bits per heavy atom. The predicted molar refractivity (Wildman–Crippen MR) is 69.7 cm³/mol. The van der Waals surface area contributed by atoms with Crippen LogP contribution in [0.4, 0.5) is 0 Å². The first-order valence-electron chi connectivity index (χ1n) is 6.03. The Kier molecular flexibility index (Phi) is 4.00. The summed E-state index contributed by atoms with van der Waals surface area (Å²) in [7, 11) is -3.11. The van der Waals surface area contributed by atoms with Crippen molar-refractivity contribution in [2.24, 2.45) is 0 Å². The summed E-state index contributed by atoms with van der Waals surface area (Å²) in [5, 5.41) is 11.7. The summed E-state index contributed by atoms with van der Waals surface area (Å²) in [6.07, 6.45) is 1.36. The van der Waals surface area contributed by atoms with Crippen molar-refractivity contribution in [1.82, 2.24) is 5.32 Å². The van der Waals surface area contributed by atoms with Gasteiger partial charge >= 0.3 is 0 Å².